The highest BCUT2D eigenvalue weighted by Gasteiger charge is 2.53. The van der Waals surface area contributed by atoms with E-state index in [4.69, 9.17) is 14.6 Å². The van der Waals surface area contributed by atoms with Gasteiger partial charge in [0.1, 0.15) is 17.0 Å². The number of carbonyl (C=O) groups is 3. The van der Waals surface area contributed by atoms with Gasteiger partial charge in [-0.3, -0.25) is 9.59 Å². The minimum Gasteiger partial charge on any atom is -0.496 e. The lowest BCUT2D eigenvalue weighted by atomic mass is 9.59. The Kier molecular flexibility index (Phi) is 14.0. The lowest BCUT2D eigenvalue weighted by Gasteiger charge is -2.49. The SMILES string of the molecule is CCC1CC2CCC(NC(=O)c3cc(-c4c(OC)cccc4OC)n(-c4ccc(C(=O)N(C)CCCN(C)CCCNC)cc4C(C)C)n3)(C(=O)O)C(C1)C2. The van der Waals surface area contributed by atoms with Crippen molar-refractivity contribution in [2.75, 3.05) is 61.5 Å². The van der Waals surface area contributed by atoms with Gasteiger partial charge in [-0.25, -0.2) is 9.48 Å². The van der Waals surface area contributed by atoms with Crippen molar-refractivity contribution in [1.29, 1.82) is 0 Å². The molecule has 2 bridgehead atoms. The first kappa shape index (κ1) is 41.7. The van der Waals surface area contributed by atoms with Gasteiger partial charge in [-0.05, 0) is 144 Å². The van der Waals surface area contributed by atoms with Crippen molar-refractivity contribution in [3.05, 3.63) is 59.3 Å². The molecule has 2 fully saturated rings. The smallest absolute Gasteiger partial charge is 0.329 e. The van der Waals surface area contributed by atoms with Gasteiger partial charge in [0, 0.05) is 19.2 Å². The Morgan fingerprint density at radius 3 is 2.35 bits per heavy atom. The van der Waals surface area contributed by atoms with Crippen LogP contribution in [-0.4, -0.2) is 110 Å². The Balaban J connectivity index is 1.51. The van der Waals surface area contributed by atoms with Gasteiger partial charge in [0.2, 0.25) is 0 Å². The average molecular weight is 759 g/mol. The summed E-state index contributed by atoms with van der Waals surface area (Å²) in [4.78, 5) is 45.2. The van der Waals surface area contributed by atoms with Crippen LogP contribution in [0, 0.1) is 17.8 Å². The lowest BCUT2D eigenvalue weighted by Crippen LogP contribution is -2.62. The highest BCUT2D eigenvalue weighted by molar-refractivity contribution is 5.98. The van der Waals surface area contributed by atoms with Gasteiger partial charge in [-0.1, -0.05) is 33.3 Å². The van der Waals surface area contributed by atoms with Crippen LogP contribution in [0.15, 0.2) is 42.5 Å². The van der Waals surface area contributed by atoms with Crippen LogP contribution in [0.5, 0.6) is 11.5 Å². The Morgan fingerprint density at radius 2 is 1.71 bits per heavy atom. The number of aromatic nitrogens is 2. The highest BCUT2D eigenvalue weighted by Crippen LogP contribution is 2.49. The first-order valence-electron chi connectivity index (χ1n) is 20.0. The molecule has 4 atom stereocenters. The first-order valence-corrected chi connectivity index (χ1v) is 20.0. The second-order valence-electron chi connectivity index (χ2n) is 15.9. The molecule has 5 rings (SSSR count). The van der Waals surface area contributed by atoms with Crippen LogP contribution >= 0.6 is 0 Å². The number of ether oxygens (including phenoxy) is 2. The molecule has 4 unspecified atom stereocenters. The van der Waals surface area contributed by atoms with E-state index in [9.17, 15) is 19.5 Å². The molecule has 3 aromatic rings. The van der Waals surface area contributed by atoms with Gasteiger partial charge < -0.3 is 35.0 Å². The molecule has 1 heterocycles. The van der Waals surface area contributed by atoms with Gasteiger partial charge in [0.15, 0.2) is 5.69 Å². The minimum atomic E-state index is -1.37. The molecule has 2 aliphatic carbocycles. The molecule has 0 radical (unpaired) electrons. The number of amides is 2. The molecular weight excluding hydrogens is 697 g/mol. The summed E-state index contributed by atoms with van der Waals surface area (Å²) >= 11 is 0. The van der Waals surface area contributed by atoms with Crippen LogP contribution < -0.4 is 20.1 Å². The van der Waals surface area contributed by atoms with Crippen molar-refractivity contribution >= 4 is 17.8 Å². The van der Waals surface area contributed by atoms with Gasteiger partial charge in [-0.2, -0.15) is 5.10 Å². The van der Waals surface area contributed by atoms with Crippen molar-refractivity contribution in [3.63, 3.8) is 0 Å². The van der Waals surface area contributed by atoms with E-state index in [1.807, 2.05) is 44.4 Å². The fourth-order valence-electron chi connectivity index (χ4n) is 8.78. The summed E-state index contributed by atoms with van der Waals surface area (Å²) in [6.07, 6.45) is 6.80. The number of hydrogen-bond donors (Lipinski definition) is 3. The fourth-order valence-corrected chi connectivity index (χ4v) is 8.78. The number of carboxylic acids is 1. The molecule has 300 valence electrons. The summed E-state index contributed by atoms with van der Waals surface area (Å²) in [7, 11) is 9.05. The van der Waals surface area contributed by atoms with Crippen molar-refractivity contribution < 1.29 is 29.0 Å². The third-order valence-electron chi connectivity index (χ3n) is 11.9. The van der Waals surface area contributed by atoms with E-state index in [1.165, 1.54) is 0 Å². The first-order chi connectivity index (χ1) is 26.4. The zero-order chi connectivity index (χ0) is 39.9. The summed E-state index contributed by atoms with van der Waals surface area (Å²) in [6, 6.07) is 12.7. The van der Waals surface area contributed by atoms with Crippen molar-refractivity contribution in [2.24, 2.45) is 17.8 Å². The molecule has 0 spiro atoms. The molecular formula is C43H62N6O6. The molecule has 0 aliphatic heterocycles. The number of carboxylic acid groups (broad SMARTS) is 1. The third-order valence-corrected chi connectivity index (χ3v) is 11.9. The molecule has 0 saturated heterocycles. The Hall–Kier alpha value is -4.42. The van der Waals surface area contributed by atoms with E-state index < -0.39 is 17.4 Å². The summed E-state index contributed by atoms with van der Waals surface area (Å²) in [6.45, 7) is 9.77. The van der Waals surface area contributed by atoms with E-state index in [0.29, 0.717) is 58.8 Å². The second kappa shape index (κ2) is 18.5. The molecule has 3 N–H and O–H groups in total. The Bertz CT molecular complexity index is 1790. The topological polar surface area (TPSA) is 138 Å². The standard InChI is InChI=1S/C43H62N6O6/c1-9-29-23-30-17-18-43(42(52)53,32(24-29)25-30)45-40(50)34-27-36(39-37(54-7)13-10-14-38(39)55-8)49(46-34)35-16-15-31(26-33(35)28(2)3)41(51)48(6)22-12-21-47(5)20-11-19-44-4/h10,13-16,26-30,32,44H,9,11-12,17-25H2,1-8H3,(H,45,50)(H,52,53). The number of carbonyl (C=O) groups excluding carboxylic acids is 2. The molecule has 12 heteroatoms. The zero-order valence-corrected chi connectivity index (χ0v) is 34.1. The van der Waals surface area contributed by atoms with Gasteiger partial charge >= 0.3 is 5.97 Å². The number of aliphatic carboxylic acids is 1. The number of fused-ring (bicyclic) bond motifs is 2. The quantitative estimate of drug-likeness (QED) is 0.125. The van der Waals surface area contributed by atoms with E-state index in [1.54, 1.807) is 35.9 Å². The van der Waals surface area contributed by atoms with Crippen LogP contribution in [0.1, 0.15) is 104 Å². The molecule has 2 saturated carbocycles. The molecule has 12 nitrogen and oxygen atoms in total. The maximum Gasteiger partial charge on any atom is 0.329 e. The van der Waals surface area contributed by atoms with Crippen LogP contribution in [-0.2, 0) is 4.79 Å². The number of methoxy groups -OCH3 is 2. The maximum atomic E-state index is 14.3. The van der Waals surface area contributed by atoms with E-state index in [2.05, 4.69) is 43.4 Å². The molecule has 55 heavy (non-hydrogen) atoms. The lowest BCUT2D eigenvalue weighted by molar-refractivity contribution is -0.151. The highest BCUT2D eigenvalue weighted by atomic mass is 16.5. The number of benzene rings is 2. The van der Waals surface area contributed by atoms with E-state index in [0.717, 1.165) is 70.1 Å². The van der Waals surface area contributed by atoms with Crippen LogP contribution in [0.25, 0.3) is 16.9 Å². The number of hydrogen-bond acceptors (Lipinski definition) is 8. The van der Waals surface area contributed by atoms with Crippen LogP contribution in [0.3, 0.4) is 0 Å². The average Bonchev–Trinajstić information content (AvgIpc) is 3.63. The fraction of sp³-hybridized carbons (Fsp3) is 0.581. The van der Waals surface area contributed by atoms with E-state index in [-0.39, 0.29) is 23.4 Å². The maximum absolute atomic E-state index is 14.3. The number of rotatable bonds is 18. The molecule has 1 aromatic heterocycles. The van der Waals surface area contributed by atoms with Crippen LogP contribution in [0.4, 0.5) is 0 Å². The second-order valence-corrected chi connectivity index (χ2v) is 15.9. The van der Waals surface area contributed by atoms with Gasteiger partial charge in [0.25, 0.3) is 11.8 Å². The normalized spacial score (nSPS) is 20.7. The van der Waals surface area contributed by atoms with E-state index >= 15 is 0 Å². The van der Waals surface area contributed by atoms with Crippen LogP contribution in [0.2, 0.25) is 0 Å². The summed E-state index contributed by atoms with van der Waals surface area (Å²) in [5.74, 6) is 0.213. The molecule has 2 aromatic carbocycles. The largest absolute Gasteiger partial charge is 0.496 e. The van der Waals surface area contributed by atoms with Crippen molar-refractivity contribution in [2.45, 2.75) is 83.6 Å². The Morgan fingerprint density at radius 1 is 1.00 bits per heavy atom. The third kappa shape index (κ3) is 9.18. The van der Waals surface area contributed by atoms with Crippen molar-refractivity contribution in [3.8, 4) is 28.4 Å². The number of nitrogens with one attached hydrogen (secondary N) is 2. The minimum absolute atomic E-state index is 0.0171. The Labute approximate surface area is 326 Å². The van der Waals surface area contributed by atoms with Gasteiger partial charge in [0.05, 0.1) is 31.2 Å². The van der Waals surface area contributed by atoms with Crippen molar-refractivity contribution in [1.82, 2.24) is 30.2 Å². The predicted octanol–water partition coefficient (Wildman–Crippen LogP) is 6.47. The van der Waals surface area contributed by atoms with Gasteiger partial charge in [-0.15, -0.1) is 0 Å². The summed E-state index contributed by atoms with van der Waals surface area (Å²) in [5, 5.41) is 21.8. The molecule has 2 aliphatic rings. The number of nitrogens with zero attached hydrogens (tertiary/aromatic N) is 4. The molecule has 2 amide bonds. The zero-order valence-electron chi connectivity index (χ0n) is 34.1. The predicted molar refractivity (Wildman–Crippen MR) is 215 cm³/mol. The summed E-state index contributed by atoms with van der Waals surface area (Å²) in [5.41, 5.74) is 1.96. The monoisotopic (exact) mass is 758 g/mol. The summed E-state index contributed by atoms with van der Waals surface area (Å²) < 4.78 is 13.3.